The molecule has 1 atom stereocenters. The predicted molar refractivity (Wildman–Crippen MR) is 104 cm³/mol. The molecule has 2 aromatic rings. The Balaban J connectivity index is 1.80. The zero-order valence-electron chi connectivity index (χ0n) is 14.4. The van der Waals surface area contributed by atoms with Crippen LogP contribution in [0.25, 0.3) is 0 Å². The number of ether oxygens (including phenoxy) is 1. The van der Waals surface area contributed by atoms with E-state index >= 15 is 0 Å². The first-order chi connectivity index (χ1) is 12.5. The van der Waals surface area contributed by atoms with Crippen molar-refractivity contribution in [2.75, 3.05) is 18.0 Å². The van der Waals surface area contributed by atoms with Gasteiger partial charge in [0.2, 0.25) is 5.91 Å². The maximum Gasteiger partial charge on any atom is 0.268 e. The second kappa shape index (κ2) is 7.93. The molecular weight excluding hydrogens is 372 g/mol. The van der Waals surface area contributed by atoms with E-state index in [9.17, 15) is 9.59 Å². The van der Waals surface area contributed by atoms with Crippen LogP contribution in [0.5, 0.6) is 5.75 Å². The molecular formula is C19H19ClN2O3S. The minimum Gasteiger partial charge on any atom is -0.479 e. The molecule has 2 heterocycles. The smallest absolute Gasteiger partial charge is 0.268 e. The molecule has 0 N–H and O–H groups in total. The first-order valence-electron chi connectivity index (χ1n) is 8.19. The molecule has 5 nitrogen and oxygen atoms in total. The number of hydrogen-bond donors (Lipinski definition) is 0. The van der Waals surface area contributed by atoms with Crippen molar-refractivity contribution in [2.45, 2.75) is 19.6 Å². The van der Waals surface area contributed by atoms with Crippen molar-refractivity contribution in [2.24, 2.45) is 0 Å². The van der Waals surface area contributed by atoms with Gasteiger partial charge >= 0.3 is 0 Å². The number of anilines is 1. The Bertz CT molecular complexity index is 836. The Kier molecular flexibility index (Phi) is 5.64. The summed E-state index contributed by atoms with van der Waals surface area (Å²) in [4.78, 5) is 29.6. The maximum atomic E-state index is 12.9. The number of fused-ring (bicyclic) bond motifs is 1. The average Bonchev–Trinajstić information content (AvgIpc) is 3.03. The van der Waals surface area contributed by atoms with Crippen molar-refractivity contribution in [3.63, 3.8) is 0 Å². The van der Waals surface area contributed by atoms with Crippen molar-refractivity contribution in [1.29, 1.82) is 0 Å². The normalized spacial score (nSPS) is 16.0. The largest absolute Gasteiger partial charge is 0.479 e. The van der Waals surface area contributed by atoms with E-state index in [1.807, 2.05) is 24.3 Å². The molecule has 0 radical (unpaired) electrons. The number of thiophene rings is 1. The van der Waals surface area contributed by atoms with Crippen LogP contribution in [0.3, 0.4) is 0 Å². The molecule has 3 rings (SSSR count). The Hall–Kier alpha value is -2.31. The van der Waals surface area contributed by atoms with Crippen molar-refractivity contribution in [3.8, 4) is 5.75 Å². The highest BCUT2D eigenvalue weighted by Crippen LogP contribution is 2.33. The number of hydrogen-bond acceptors (Lipinski definition) is 4. The fourth-order valence-electron chi connectivity index (χ4n) is 2.79. The fourth-order valence-corrected chi connectivity index (χ4v) is 3.90. The fraction of sp³-hybridized carbons (Fsp3) is 0.263. The summed E-state index contributed by atoms with van der Waals surface area (Å²) in [6.45, 7) is 6.18. The van der Waals surface area contributed by atoms with Crippen molar-refractivity contribution in [1.82, 2.24) is 4.90 Å². The standard InChI is InChI=1S/C19H19ClN2O3S/c1-3-10-21(11-14-8-9-17(20)26-14)18(23)12-22-15-6-4-5-7-16(15)25-13(2)19(22)24/h3-9,13H,1,10-12H2,2H3/t13-/m0/s1. The number of para-hydroxylation sites is 2. The number of halogens is 1. The molecule has 0 unspecified atom stereocenters. The molecule has 1 aliphatic heterocycles. The van der Waals surface area contributed by atoms with Gasteiger partial charge < -0.3 is 9.64 Å². The molecule has 7 heteroatoms. The number of amides is 2. The number of benzene rings is 1. The van der Waals surface area contributed by atoms with Crippen LogP contribution in [-0.4, -0.2) is 35.9 Å². The van der Waals surface area contributed by atoms with Gasteiger partial charge in [-0.1, -0.05) is 29.8 Å². The lowest BCUT2D eigenvalue weighted by molar-refractivity contribution is -0.133. The third kappa shape index (κ3) is 3.92. The van der Waals surface area contributed by atoms with E-state index in [-0.39, 0.29) is 18.4 Å². The highest BCUT2D eigenvalue weighted by atomic mass is 35.5. The summed E-state index contributed by atoms with van der Waals surface area (Å²) >= 11 is 7.41. The third-order valence-electron chi connectivity index (χ3n) is 4.04. The lowest BCUT2D eigenvalue weighted by atomic mass is 10.2. The van der Waals surface area contributed by atoms with E-state index < -0.39 is 6.10 Å². The lowest BCUT2D eigenvalue weighted by Gasteiger charge is -2.33. The second-order valence-electron chi connectivity index (χ2n) is 5.92. The minimum absolute atomic E-state index is 0.0451. The molecule has 26 heavy (non-hydrogen) atoms. The molecule has 1 aromatic carbocycles. The van der Waals surface area contributed by atoms with Gasteiger partial charge in [0.15, 0.2) is 6.10 Å². The molecule has 1 aliphatic rings. The van der Waals surface area contributed by atoms with Crippen LogP contribution in [0.15, 0.2) is 49.1 Å². The first-order valence-corrected chi connectivity index (χ1v) is 9.39. The third-order valence-corrected chi connectivity index (χ3v) is 5.26. The zero-order valence-corrected chi connectivity index (χ0v) is 15.9. The summed E-state index contributed by atoms with van der Waals surface area (Å²) in [5, 5.41) is 0. The molecule has 2 amide bonds. The van der Waals surface area contributed by atoms with E-state index in [0.717, 1.165) is 4.88 Å². The number of carbonyl (C=O) groups excluding carboxylic acids is 2. The number of carbonyl (C=O) groups is 2. The van der Waals surface area contributed by atoms with E-state index in [1.165, 1.54) is 16.2 Å². The van der Waals surface area contributed by atoms with Crippen molar-refractivity contribution < 1.29 is 14.3 Å². The van der Waals surface area contributed by atoms with E-state index in [2.05, 4.69) is 6.58 Å². The Morgan fingerprint density at radius 2 is 2.15 bits per heavy atom. The Morgan fingerprint density at radius 3 is 2.85 bits per heavy atom. The molecule has 0 saturated heterocycles. The van der Waals surface area contributed by atoms with Crippen LogP contribution in [0, 0.1) is 0 Å². The summed E-state index contributed by atoms with van der Waals surface area (Å²) < 4.78 is 6.29. The number of rotatable bonds is 6. The van der Waals surface area contributed by atoms with Gasteiger partial charge in [0.1, 0.15) is 12.3 Å². The van der Waals surface area contributed by atoms with Crippen LogP contribution in [0.1, 0.15) is 11.8 Å². The highest BCUT2D eigenvalue weighted by molar-refractivity contribution is 7.16. The minimum atomic E-state index is -0.623. The summed E-state index contributed by atoms with van der Waals surface area (Å²) in [7, 11) is 0. The van der Waals surface area contributed by atoms with Gasteiger partial charge in [-0.2, -0.15) is 0 Å². The quantitative estimate of drug-likeness (QED) is 0.706. The number of nitrogens with zero attached hydrogens (tertiary/aromatic N) is 2. The second-order valence-corrected chi connectivity index (χ2v) is 7.72. The Morgan fingerprint density at radius 1 is 1.38 bits per heavy atom. The maximum absolute atomic E-state index is 12.9. The molecule has 0 saturated carbocycles. The summed E-state index contributed by atoms with van der Waals surface area (Å²) in [5.74, 6) is 0.217. The summed E-state index contributed by atoms with van der Waals surface area (Å²) in [5.41, 5.74) is 0.613. The van der Waals surface area contributed by atoms with E-state index in [0.29, 0.717) is 28.9 Å². The van der Waals surface area contributed by atoms with Gasteiger partial charge in [-0.25, -0.2) is 0 Å². The predicted octanol–water partition coefficient (Wildman–Crippen LogP) is 3.73. The van der Waals surface area contributed by atoms with Gasteiger partial charge in [0.25, 0.3) is 5.91 Å². The van der Waals surface area contributed by atoms with Crippen LogP contribution in [0.2, 0.25) is 4.34 Å². The first kappa shape index (κ1) is 18.5. The molecule has 0 fully saturated rings. The van der Waals surface area contributed by atoms with E-state index in [4.69, 9.17) is 16.3 Å². The van der Waals surface area contributed by atoms with Crippen LogP contribution in [-0.2, 0) is 16.1 Å². The lowest BCUT2D eigenvalue weighted by Crippen LogP contribution is -2.49. The molecule has 0 spiro atoms. The molecule has 136 valence electrons. The van der Waals surface area contributed by atoms with Crippen molar-refractivity contribution in [3.05, 3.63) is 58.3 Å². The zero-order chi connectivity index (χ0) is 18.7. The highest BCUT2D eigenvalue weighted by Gasteiger charge is 2.33. The van der Waals surface area contributed by atoms with Gasteiger partial charge in [0, 0.05) is 11.4 Å². The van der Waals surface area contributed by atoms with Gasteiger partial charge in [0.05, 0.1) is 16.6 Å². The molecule has 0 aliphatic carbocycles. The van der Waals surface area contributed by atoms with Crippen LogP contribution >= 0.6 is 22.9 Å². The van der Waals surface area contributed by atoms with Crippen LogP contribution in [0.4, 0.5) is 5.69 Å². The van der Waals surface area contributed by atoms with Gasteiger partial charge in [-0.15, -0.1) is 17.9 Å². The SMILES string of the molecule is C=CCN(Cc1ccc(Cl)s1)C(=O)CN1C(=O)[C@H](C)Oc2ccccc21. The summed E-state index contributed by atoms with van der Waals surface area (Å²) in [6.07, 6.45) is 1.05. The average molecular weight is 391 g/mol. The summed E-state index contributed by atoms with van der Waals surface area (Å²) in [6, 6.07) is 10.9. The monoisotopic (exact) mass is 390 g/mol. The topological polar surface area (TPSA) is 49.9 Å². The van der Waals surface area contributed by atoms with Crippen LogP contribution < -0.4 is 9.64 Å². The van der Waals surface area contributed by atoms with Gasteiger partial charge in [-0.3, -0.25) is 14.5 Å². The molecule has 0 bridgehead atoms. The Labute approximate surface area is 161 Å². The van der Waals surface area contributed by atoms with Gasteiger partial charge in [-0.05, 0) is 31.2 Å². The van der Waals surface area contributed by atoms with E-state index in [1.54, 1.807) is 30.0 Å². The molecule has 1 aromatic heterocycles. The van der Waals surface area contributed by atoms with Crippen molar-refractivity contribution >= 4 is 40.4 Å².